The number of esters is 1. The molecule has 0 saturated heterocycles. The lowest BCUT2D eigenvalue weighted by atomic mass is 9.97. The lowest BCUT2D eigenvalue weighted by Crippen LogP contribution is -2.13. The highest BCUT2D eigenvalue weighted by atomic mass is 19.4. The molecular formula is C26H29F3O4. The maximum absolute atomic E-state index is 12.8. The number of rotatable bonds is 8. The predicted octanol–water partition coefficient (Wildman–Crippen LogP) is 7.05. The Hall–Kier alpha value is -3.22. The number of aromatic hydroxyl groups is 1. The van der Waals surface area contributed by atoms with Crippen molar-refractivity contribution in [3.8, 4) is 11.5 Å². The minimum absolute atomic E-state index is 0.0330. The molecule has 0 fully saturated rings. The Morgan fingerprint density at radius 3 is 2.30 bits per heavy atom. The fourth-order valence-electron chi connectivity index (χ4n) is 3.03. The molecule has 1 atom stereocenters. The van der Waals surface area contributed by atoms with Gasteiger partial charge in [0.15, 0.2) is 0 Å². The summed E-state index contributed by atoms with van der Waals surface area (Å²) in [4.78, 5) is 12.5. The standard InChI is InChI=1S/C26H29F3O4/c1-6-17(4)33-22-15-19(11-8-18-9-12-20(13-10-18)26(27,28)29)23(25(31)32-5)24(30)21(22)14-7-16(2)3/h7-13,15,17,30H,6,14H2,1-5H3. The van der Waals surface area contributed by atoms with E-state index >= 15 is 0 Å². The maximum Gasteiger partial charge on any atom is 0.416 e. The lowest BCUT2D eigenvalue weighted by molar-refractivity contribution is -0.137. The molecule has 0 aromatic heterocycles. The van der Waals surface area contributed by atoms with Crippen molar-refractivity contribution in [2.45, 2.75) is 52.8 Å². The number of hydrogen-bond donors (Lipinski definition) is 1. The number of halogens is 3. The third-order valence-electron chi connectivity index (χ3n) is 5.10. The summed E-state index contributed by atoms with van der Waals surface area (Å²) in [6, 6.07) is 6.27. The van der Waals surface area contributed by atoms with Gasteiger partial charge in [-0.3, -0.25) is 0 Å². The summed E-state index contributed by atoms with van der Waals surface area (Å²) in [5, 5.41) is 11.0. The molecule has 1 unspecified atom stereocenters. The van der Waals surface area contributed by atoms with Crippen LogP contribution in [0.4, 0.5) is 13.2 Å². The van der Waals surface area contributed by atoms with E-state index < -0.39 is 17.7 Å². The first kappa shape index (κ1) is 26.0. The molecule has 0 bridgehead atoms. The van der Waals surface area contributed by atoms with Crippen molar-refractivity contribution in [2.24, 2.45) is 0 Å². The van der Waals surface area contributed by atoms with E-state index in [2.05, 4.69) is 0 Å². The quantitative estimate of drug-likeness (QED) is 0.259. The molecular weight excluding hydrogens is 433 g/mol. The van der Waals surface area contributed by atoms with Crippen molar-refractivity contribution in [1.82, 2.24) is 0 Å². The second-order valence-corrected chi connectivity index (χ2v) is 7.93. The molecule has 0 aliphatic rings. The van der Waals surface area contributed by atoms with Crippen molar-refractivity contribution >= 4 is 18.1 Å². The van der Waals surface area contributed by atoms with Gasteiger partial charge in [-0.1, -0.05) is 42.9 Å². The molecule has 1 N–H and O–H groups in total. The molecule has 0 heterocycles. The van der Waals surface area contributed by atoms with Gasteiger partial charge in [0.1, 0.15) is 17.1 Å². The molecule has 0 spiro atoms. The molecule has 0 aliphatic heterocycles. The third kappa shape index (κ3) is 6.88. The smallest absolute Gasteiger partial charge is 0.416 e. The van der Waals surface area contributed by atoms with Gasteiger partial charge in [0.2, 0.25) is 0 Å². The van der Waals surface area contributed by atoms with Gasteiger partial charge in [-0.25, -0.2) is 4.79 Å². The number of phenolic OH excluding ortho intramolecular Hbond substituents is 1. The molecule has 0 aliphatic carbocycles. The average molecular weight is 463 g/mol. The number of carbonyl (C=O) groups is 1. The Morgan fingerprint density at radius 1 is 1.15 bits per heavy atom. The molecule has 4 nitrogen and oxygen atoms in total. The minimum atomic E-state index is -4.42. The average Bonchev–Trinajstić information content (AvgIpc) is 2.76. The number of methoxy groups -OCH3 is 1. The zero-order chi connectivity index (χ0) is 24.8. The molecule has 33 heavy (non-hydrogen) atoms. The number of hydrogen-bond acceptors (Lipinski definition) is 4. The van der Waals surface area contributed by atoms with Crippen LogP contribution in [-0.2, 0) is 17.3 Å². The van der Waals surface area contributed by atoms with Gasteiger partial charge in [-0.2, -0.15) is 13.2 Å². The minimum Gasteiger partial charge on any atom is -0.507 e. The monoisotopic (exact) mass is 462 g/mol. The first-order chi connectivity index (χ1) is 15.5. The number of benzene rings is 2. The summed E-state index contributed by atoms with van der Waals surface area (Å²) < 4.78 is 49.3. The molecule has 2 rings (SSSR count). The first-order valence-electron chi connectivity index (χ1n) is 10.6. The normalized spacial score (nSPS) is 12.5. The summed E-state index contributed by atoms with van der Waals surface area (Å²) >= 11 is 0. The third-order valence-corrected chi connectivity index (χ3v) is 5.10. The van der Waals surface area contributed by atoms with Gasteiger partial charge in [0.25, 0.3) is 0 Å². The van der Waals surface area contributed by atoms with Crippen molar-refractivity contribution in [2.75, 3.05) is 7.11 Å². The van der Waals surface area contributed by atoms with Crippen LogP contribution in [0.2, 0.25) is 0 Å². The van der Waals surface area contributed by atoms with Crippen LogP contribution in [0.1, 0.15) is 66.7 Å². The van der Waals surface area contributed by atoms with Crippen LogP contribution in [0, 0.1) is 0 Å². The number of carbonyl (C=O) groups excluding carboxylic acids is 1. The van der Waals surface area contributed by atoms with Crippen molar-refractivity contribution in [1.29, 1.82) is 0 Å². The number of phenols is 1. The Bertz CT molecular complexity index is 1030. The van der Waals surface area contributed by atoms with Crippen LogP contribution >= 0.6 is 0 Å². The van der Waals surface area contributed by atoms with Crippen molar-refractivity contribution in [3.05, 3.63) is 69.8 Å². The molecule has 0 radical (unpaired) electrons. The van der Waals surface area contributed by atoms with Crippen LogP contribution in [0.5, 0.6) is 11.5 Å². The van der Waals surface area contributed by atoms with Crippen LogP contribution in [-0.4, -0.2) is 24.3 Å². The fourth-order valence-corrected chi connectivity index (χ4v) is 3.03. The number of ether oxygens (including phenoxy) is 2. The van der Waals surface area contributed by atoms with Gasteiger partial charge in [-0.15, -0.1) is 0 Å². The summed E-state index contributed by atoms with van der Waals surface area (Å²) in [7, 11) is 1.21. The number of alkyl halides is 3. The Kier molecular flexibility index (Phi) is 8.74. The molecule has 2 aromatic rings. The van der Waals surface area contributed by atoms with Crippen LogP contribution in [0.3, 0.4) is 0 Å². The molecule has 0 amide bonds. The van der Waals surface area contributed by atoms with E-state index in [1.807, 2.05) is 33.8 Å². The van der Waals surface area contributed by atoms with Crippen LogP contribution in [0.15, 0.2) is 42.0 Å². The van der Waals surface area contributed by atoms with Gasteiger partial charge in [-0.05, 0) is 62.9 Å². The van der Waals surface area contributed by atoms with E-state index in [9.17, 15) is 23.1 Å². The molecule has 7 heteroatoms. The Morgan fingerprint density at radius 2 is 1.79 bits per heavy atom. The second kappa shape index (κ2) is 11.1. The van der Waals surface area contributed by atoms with E-state index in [0.717, 1.165) is 24.1 Å². The highest BCUT2D eigenvalue weighted by Crippen LogP contribution is 2.37. The molecule has 178 valence electrons. The largest absolute Gasteiger partial charge is 0.507 e. The summed E-state index contributed by atoms with van der Waals surface area (Å²) in [5.74, 6) is -0.542. The number of allylic oxidation sites excluding steroid dienone is 2. The Labute approximate surface area is 192 Å². The first-order valence-corrected chi connectivity index (χ1v) is 10.6. The van der Waals surface area contributed by atoms with Gasteiger partial charge >= 0.3 is 12.1 Å². The van der Waals surface area contributed by atoms with E-state index in [1.54, 1.807) is 18.2 Å². The van der Waals surface area contributed by atoms with E-state index in [4.69, 9.17) is 9.47 Å². The van der Waals surface area contributed by atoms with Crippen LogP contribution in [0.25, 0.3) is 12.2 Å². The predicted molar refractivity (Wildman–Crippen MR) is 123 cm³/mol. The van der Waals surface area contributed by atoms with Gasteiger partial charge in [0, 0.05) is 5.56 Å². The highest BCUT2D eigenvalue weighted by Gasteiger charge is 2.30. The molecule has 2 aromatic carbocycles. The van der Waals surface area contributed by atoms with Crippen molar-refractivity contribution < 1.29 is 32.5 Å². The zero-order valence-electron chi connectivity index (χ0n) is 19.4. The summed E-state index contributed by atoms with van der Waals surface area (Å²) in [6.07, 6.45) is 1.55. The van der Waals surface area contributed by atoms with Crippen molar-refractivity contribution in [3.63, 3.8) is 0 Å². The van der Waals surface area contributed by atoms with Crippen LogP contribution < -0.4 is 4.74 Å². The highest BCUT2D eigenvalue weighted by molar-refractivity contribution is 5.98. The van der Waals surface area contributed by atoms with E-state index in [1.165, 1.54) is 19.2 Å². The second-order valence-electron chi connectivity index (χ2n) is 7.93. The zero-order valence-corrected chi connectivity index (χ0v) is 19.4. The van der Waals surface area contributed by atoms with Gasteiger partial charge in [0.05, 0.1) is 18.8 Å². The fraction of sp³-hybridized carbons (Fsp3) is 0.346. The molecule has 0 saturated carbocycles. The Balaban J connectivity index is 2.60. The maximum atomic E-state index is 12.8. The van der Waals surface area contributed by atoms with E-state index in [-0.39, 0.29) is 17.4 Å². The summed E-state index contributed by atoms with van der Waals surface area (Å²) in [6.45, 7) is 7.71. The van der Waals surface area contributed by atoms with E-state index in [0.29, 0.717) is 28.9 Å². The lowest BCUT2D eigenvalue weighted by Gasteiger charge is -2.20. The SMILES string of the molecule is CCC(C)Oc1cc(C=Cc2ccc(C(F)(F)F)cc2)c(C(=O)OC)c(O)c1CC=C(C)C. The summed E-state index contributed by atoms with van der Waals surface area (Å²) in [5.41, 5.74) is 1.54. The van der Waals surface area contributed by atoms with Gasteiger partial charge < -0.3 is 14.6 Å². The topological polar surface area (TPSA) is 55.8 Å².